The van der Waals surface area contributed by atoms with Crippen LogP contribution in [0.4, 0.5) is 0 Å². The summed E-state index contributed by atoms with van der Waals surface area (Å²) in [6.07, 6.45) is 3.21. The molecule has 156 valence electrons. The average Bonchev–Trinajstić information content (AvgIpc) is 2.69. The lowest BCUT2D eigenvalue weighted by atomic mass is 10.2. The number of carboxylic acids is 1. The third-order valence-electron chi connectivity index (χ3n) is 3.84. The van der Waals surface area contributed by atoms with Crippen LogP contribution in [0.3, 0.4) is 0 Å². The van der Waals surface area contributed by atoms with Gasteiger partial charge in [-0.1, -0.05) is 13.3 Å². The van der Waals surface area contributed by atoms with Gasteiger partial charge in [0.1, 0.15) is 5.69 Å². The largest absolute Gasteiger partial charge is 0.490 e. The van der Waals surface area contributed by atoms with Gasteiger partial charge in [0.05, 0.1) is 25.8 Å². The van der Waals surface area contributed by atoms with E-state index in [2.05, 4.69) is 22.2 Å². The van der Waals surface area contributed by atoms with Gasteiger partial charge < -0.3 is 14.6 Å². The van der Waals surface area contributed by atoms with Gasteiger partial charge in [0.25, 0.3) is 5.56 Å². The van der Waals surface area contributed by atoms with Gasteiger partial charge in [0.2, 0.25) is 4.77 Å². The monoisotopic (exact) mass is 420 g/mol. The number of nitrogens with one attached hydrogen (secondary N) is 1. The summed E-state index contributed by atoms with van der Waals surface area (Å²) in [6, 6.07) is 5.34. The summed E-state index contributed by atoms with van der Waals surface area (Å²) >= 11 is 5.07. The van der Waals surface area contributed by atoms with Crippen LogP contribution in [-0.4, -0.2) is 45.4 Å². The number of ether oxygens (including phenoxy) is 2. The SMILES string of the molecule is CCCCOc1ccc(/C=N\n2c(=S)[nH]nc(CCC(=O)O)c2=O)cc1OCC. The molecule has 2 rings (SSSR count). The van der Waals surface area contributed by atoms with Crippen molar-refractivity contribution in [1.29, 1.82) is 0 Å². The first-order valence-corrected chi connectivity index (χ1v) is 9.73. The summed E-state index contributed by atoms with van der Waals surface area (Å²) in [5.74, 6) is 0.210. The summed E-state index contributed by atoms with van der Waals surface area (Å²) < 4.78 is 12.4. The molecule has 0 atom stereocenters. The molecule has 0 aliphatic heterocycles. The number of carboxylic acid groups (broad SMARTS) is 1. The Kier molecular flexibility index (Phi) is 8.53. The van der Waals surface area contributed by atoms with E-state index in [1.165, 1.54) is 6.21 Å². The van der Waals surface area contributed by atoms with Crippen LogP contribution in [-0.2, 0) is 11.2 Å². The molecule has 1 heterocycles. The van der Waals surface area contributed by atoms with Crippen LogP contribution in [0, 0.1) is 4.77 Å². The van der Waals surface area contributed by atoms with E-state index in [9.17, 15) is 9.59 Å². The number of benzene rings is 1. The van der Waals surface area contributed by atoms with Crippen molar-refractivity contribution in [3.8, 4) is 11.5 Å². The third-order valence-corrected chi connectivity index (χ3v) is 4.10. The second-order valence-corrected chi connectivity index (χ2v) is 6.46. The van der Waals surface area contributed by atoms with Crippen molar-refractivity contribution in [2.24, 2.45) is 5.10 Å². The molecular formula is C19H24N4O5S. The van der Waals surface area contributed by atoms with Crippen molar-refractivity contribution in [1.82, 2.24) is 14.9 Å². The van der Waals surface area contributed by atoms with Gasteiger partial charge in [-0.2, -0.15) is 14.9 Å². The molecule has 0 saturated heterocycles. The highest BCUT2D eigenvalue weighted by Crippen LogP contribution is 2.28. The third kappa shape index (κ3) is 6.53. The summed E-state index contributed by atoms with van der Waals surface area (Å²) in [5.41, 5.74) is 0.171. The highest BCUT2D eigenvalue weighted by Gasteiger charge is 2.10. The van der Waals surface area contributed by atoms with Gasteiger partial charge in [0.15, 0.2) is 11.5 Å². The van der Waals surface area contributed by atoms with Gasteiger partial charge in [-0.15, -0.1) is 0 Å². The lowest BCUT2D eigenvalue weighted by Crippen LogP contribution is -2.25. The predicted octanol–water partition coefficient (Wildman–Crippen LogP) is 2.78. The first-order chi connectivity index (χ1) is 14.0. The van der Waals surface area contributed by atoms with Crippen molar-refractivity contribution in [3.05, 3.63) is 44.6 Å². The Morgan fingerprint density at radius 2 is 2.14 bits per heavy atom. The molecule has 2 aromatic rings. The number of H-pyrrole nitrogens is 1. The highest BCUT2D eigenvalue weighted by atomic mass is 32.1. The van der Waals surface area contributed by atoms with Crippen molar-refractivity contribution < 1.29 is 19.4 Å². The van der Waals surface area contributed by atoms with Crippen molar-refractivity contribution in [2.45, 2.75) is 39.5 Å². The molecule has 0 aliphatic rings. The maximum Gasteiger partial charge on any atom is 0.303 e. The number of aromatic amines is 1. The first-order valence-electron chi connectivity index (χ1n) is 9.32. The predicted molar refractivity (Wildman–Crippen MR) is 111 cm³/mol. The molecule has 9 nitrogen and oxygen atoms in total. The van der Waals surface area contributed by atoms with E-state index in [1.807, 2.05) is 6.92 Å². The lowest BCUT2D eigenvalue weighted by molar-refractivity contribution is -0.136. The van der Waals surface area contributed by atoms with E-state index in [1.54, 1.807) is 18.2 Å². The summed E-state index contributed by atoms with van der Waals surface area (Å²) in [7, 11) is 0. The van der Waals surface area contributed by atoms with E-state index in [0.717, 1.165) is 17.5 Å². The Morgan fingerprint density at radius 1 is 1.34 bits per heavy atom. The van der Waals surface area contributed by atoms with Crippen LogP contribution in [0.5, 0.6) is 11.5 Å². The van der Waals surface area contributed by atoms with E-state index in [4.69, 9.17) is 26.8 Å². The van der Waals surface area contributed by atoms with Crippen LogP contribution in [0.2, 0.25) is 0 Å². The average molecular weight is 420 g/mol. The highest BCUT2D eigenvalue weighted by molar-refractivity contribution is 7.71. The summed E-state index contributed by atoms with van der Waals surface area (Å²) in [5, 5.41) is 19.2. The number of carbonyl (C=O) groups is 1. The standard InChI is InChI=1S/C19H24N4O5S/c1-3-5-10-28-15-8-6-13(11-16(15)27-4-2)12-20-23-18(26)14(7-9-17(24)25)21-22-19(23)29/h6,8,11-12H,3-5,7,9-10H2,1-2H3,(H,22,29)(H,24,25)/b20-12-. The number of nitrogens with zero attached hydrogens (tertiary/aromatic N) is 3. The minimum Gasteiger partial charge on any atom is -0.490 e. The maximum atomic E-state index is 12.5. The number of hydrogen-bond donors (Lipinski definition) is 2. The molecule has 1 aromatic heterocycles. The topological polar surface area (TPSA) is 119 Å². The normalized spacial score (nSPS) is 11.0. The quantitative estimate of drug-likeness (QED) is 0.326. The zero-order chi connectivity index (χ0) is 21.2. The number of hydrogen-bond acceptors (Lipinski definition) is 7. The van der Waals surface area contributed by atoms with Gasteiger partial charge in [-0.05, 0) is 49.3 Å². The molecule has 0 aliphatic carbocycles. The molecule has 10 heteroatoms. The minimum atomic E-state index is -1.02. The van der Waals surface area contributed by atoms with Gasteiger partial charge in [-0.25, -0.2) is 0 Å². The number of aryl methyl sites for hydroxylation is 1. The number of aliphatic carboxylic acids is 1. The maximum absolute atomic E-state index is 12.5. The Bertz CT molecular complexity index is 983. The molecule has 0 unspecified atom stereocenters. The fourth-order valence-corrected chi connectivity index (χ4v) is 2.54. The minimum absolute atomic E-state index is 0.00914. The van der Waals surface area contributed by atoms with Gasteiger partial charge in [-0.3, -0.25) is 14.7 Å². The molecule has 2 N–H and O–H groups in total. The fraction of sp³-hybridized carbons (Fsp3) is 0.421. The van der Waals surface area contributed by atoms with Crippen LogP contribution < -0.4 is 15.0 Å². The molecule has 0 radical (unpaired) electrons. The van der Waals surface area contributed by atoms with E-state index in [-0.39, 0.29) is 23.3 Å². The molecule has 0 bridgehead atoms. The molecular weight excluding hydrogens is 396 g/mol. The second kappa shape index (κ2) is 11.1. The Hall–Kier alpha value is -3.01. The first kappa shape index (κ1) is 22.3. The fourth-order valence-electron chi connectivity index (χ4n) is 2.36. The van der Waals surface area contributed by atoms with Crippen LogP contribution in [0.25, 0.3) is 0 Å². The number of rotatable bonds is 11. The van der Waals surface area contributed by atoms with E-state index < -0.39 is 11.5 Å². The second-order valence-electron chi connectivity index (χ2n) is 6.07. The molecule has 1 aromatic carbocycles. The van der Waals surface area contributed by atoms with Crippen LogP contribution in [0.1, 0.15) is 44.4 Å². The zero-order valence-electron chi connectivity index (χ0n) is 16.4. The zero-order valence-corrected chi connectivity index (χ0v) is 17.2. The molecule has 0 spiro atoms. The smallest absolute Gasteiger partial charge is 0.303 e. The number of unbranched alkanes of at least 4 members (excludes halogenated alkanes) is 1. The van der Waals surface area contributed by atoms with E-state index >= 15 is 0 Å². The Morgan fingerprint density at radius 3 is 2.83 bits per heavy atom. The van der Waals surface area contributed by atoms with Crippen LogP contribution >= 0.6 is 12.2 Å². The molecule has 0 saturated carbocycles. The molecule has 29 heavy (non-hydrogen) atoms. The Balaban J connectivity index is 2.27. The molecule has 0 fully saturated rings. The van der Waals surface area contributed by atoms with Crippen molar-refractivity contribution >= 4 is 24.4 Å². The van der Waals surface area contributed by atoms with Crippen LogP contribution in [0.15, 0.2) is 28.1 Å². The van der Waals surface area contributed by atoms with E-state index in [0.29, 0.717) is 30.3 Å². The van der Waals surface area contributed by atoms with Gasteiger partial charge >= 0.3 is 5.97 Å². The summed E-state index contributed by atoms with van der Waals surface area (Å²) in [6.45, 7) is 5.05. The van der Waals surface area contributed by atoms with Crippen molar-refractivity contribution in [2.75, 3.05) is 13.2 Å². The van der Waals surface area contributed by atoms with Gasteiger partial charge in [0, 0.05) is 6.42 Å². The lowest BCUT2D eigenvalue weighted by Gasteiger charge is -2.12. The Labute approximate surface area is 173 Å². The molecule has 0 amide bonds. The summed E-state index contributed by atoms with van der Waals surface area (Å²) in [4.78, 5) is 23.2. The number of aromatic nitrogens is 3. The van der Waals surface area contributed by atoms with Crippen molar-refractivity contribution in [3.63, 3.8) is 0 Å².